The third-order valence-electron chi connectivity index (χ3n) is 10.0. The van der Waals surface area contributed by atoms with E-state index in [4.69, 9.17) is 4.52 Å². The molecule has 252 valence electrons. The molecule has 2 aromatic carbocycles. The van der Waals surface area contributed by atoms with Crippen molar-refractivity contribution in [2.45, 2.75) is 78.6 Å². The van der Waals surface area contributed by atoms with Crippen molar-refractivity contribution >= 4 is 17.5 Å². The maximum atomic E-state index is 14.1. The van der Waals surface area contributed by atoms with Gasteiger partial charge in [-0.2, -0.15) is 13.2 Å². The quantitative estimate of drug-likeness (QED) is 0.261. The molecular formula is C37H45F3N4O3. The highest BCUT2D eigenvalue weighted by Crippen LogP contribution is 2.45. The van der Waals surface area contributed by atoms with Crippen molar-refractivity contribution in [2.24, 2.45) is 11.3 Å². The first-order chi connectivity index (χ1) is 22.4. The van der Waals surface area contributed by atoms with E-state index in [1.807, 2.05) is 20.8 Å². The Morgan fingerprint density at radius 2 is 1.81 bits per heavy atom. The van der Waals surface area contributed by atoms with Gasteiger partial charge in [-0.15, -0.1) is 0 Å². The number of aryl methyl sites for hydroxylation is 1. The number of rotatable bonds is 5. The number of benzene rings is 2. The van der Waals surface area contributed by atoms with Gasteiger partial charge in [0.05, 0.1) is 17.8 Å². The highest BCUT2D eigenvalue weighted by atomic mass is 19.4. The molecule has 1 spiro atoms. The number of amides is 2. The Hall–Kier alpha value is -3.92. The Morgan fingerprint density at radius 1 is 1.13 bits per heavy atom. The van der Waals surface area contributed by atoms with Gasteiger partial charge < -0.3 is 14.3 Å². The van der Waals surface area contributed by atoms with Crippen LogP contribution in [0.3, 0.4) is 0 Å². The van der Waals surface area contributed by atoms with Crippen LogP contribution in [0.4, 0.5) is 18.9 Å². The minimum absolute atomic E-state index is 0.0174. The summed E-state index contributed by atoms with van der Waals surface area (Å²) in [6, 6.07) is 11.3. The number of carbonyl (C=O) groups is 2. The number of anilines is 1. The number of likely N-dealkylation sites (tertiary alicyclic amines) is 2. The molecule has 1 aliphatic carbocycles. The molecule has 3 aromatic rings. The van der Waals surface area contributed by atoms with Gasteiger partial charge in [0, 0.05) is 53.8 Å². The predicted octanol–water partition coefficient (Wildman–Crippen LogP) is 8.17. The van der Waals surface area contributed by atoms with Crippen LogP contribution in [0.5, 0.6) is 0 Å². The largest absolute Gasteiger partial charge is 0.416 e. The van der Waals surface area contributed by atoms with Crippen LogP contribution in [0, 0.1) is 18.3 Å². The number of halogens is 3. The van der Waals surface area contributed by atoms with E-state index in [-0.39, 0.29) is 35.0 Å². The van der Waals surface area contributed by atoms with Crippen molar-refractivity contribution in [3.63, 3.8) is 0 Å². The molecule has 3 fully saturated rings. The number of nitrogens with zero attached hydrogens (tertiary/aromatic N) is 4. The molecule has 7 rings (SSSR count). The Morgan fingerprint density at radius 3 is 2.38 bits per heavy atom. The molecule has 4 heterocycles. The first kappa shape index (κ1) is 34.4. The van der Waals surface area contributed by atoms with E-state index in [9.17, 15) is 22.8 Å². The van der Waals surface area contributed by atoms with E-state index in [2.05, 4.69) is 30.5 Å². The fourth-order valence-corrected chi connectivity index (χ4v) is 7.38. The molecule has 0 bridgehead atoms. The van der Waals surface area contributed by atoms with Crippen LogP contribution < -0.4 is 4.90 Å². The van der Waals surface area contributed by atoms with Crippen molar-refractivity contribution in [1.29, 1.82) is 0 Å². The summed E-state index contributed by atoms with van der Waals surface area (Å²) in [5.74, 6) is 1.07. The number of fused-ring (bicyclic) bond motifs is 1. The lowest BCUT2D eigenvalue weighted by atomic mass is 9.74. The average Bonchev–Trinajstić information content (AvgIpc) is 3.76. The minimum Gasteiger partial charge on any atom is -0.364 e. The van der Waals surface area contributed by atoms with Gasteiger partial charge >= 0.3 is 6.18 Å². The Labute approximate surface area is 275 Å². The number of aromatic nitrogens is 1. The maximum absolute atomic E-state index is 14.1. The lowest BCUT2D eigenvalue weighted by molar-refractivity contribution is -0.138. The monoisotopic (exact) mass is 650 g/mol. The predicted molar refractivity (Wildman–Crippen MR) is 176 cm³/mol. The molecule has 10 heteroatoms. The Bertz CT molecular complexity index is 1590. The summed E-state index contributed by atoms with van der Waals surface area (Å²) in [7, 11) is 0. The number of hydrogen-bond donors (Lipinski definition) is 0. The standard InChI is InChI=1S/C26H26F3N3O2.C9H13NO.C2H6/c1-3-23(33)31-15-25(16-31)9-10-30(14-25)17(2)18-11-20-21(22(12-18)26(27,28)29)13-32(24(20)34)19-7-5-4-6-8-19;1-6-3-8(4-6)9-7(2)5-11-10-9;1-2/h3-8,11-12,17H,1,9-10,13-16H2,2H3;5-6,8H,3-4H2,1-2H3;1-2H3. The minimum atomic E-state index is -4.56. The van der Waals surface area contributed by atoms with Crippen LogP contribution in [0.25, 0.3) is 0 Å². The molecular weight excluding hydrogens is 605 g/mol. The van der Waals surface area contributed by atoms with Gasteiger partial charge in [-0.05, 0) is 87.0 Å². The van der Waals surface area contributed by atoms with E-state index in [1.54, 1.807) is 47.6 Å². The lowest BCUT2D eigenvalue weighted by Crippen LogP contribution is -2.59. The summed E-state index contributed by atoms with van der Waals surface area (Å²) >= 11 is 0. The molecule has 2 saturated heterocycles. The Kier molecular flexibility index (Phi) is 10.0. The van der Waals surface area contributed by atoms with Crippen LogP contribution in [0.2, 0.25) is 0 Å². The molecule has 47 heavy (non-hydrogen) atoms. The lowest BCUT2D eigenvalue weighted by Gasteiger charge is -2.48. The van der Waals surface area contributed by atoms with E-state index >= 15 is 0 Å². The third kappa shape index (κ3) is 6.89. The molecule has 1 aromatic heterocycles. The molecule has 1 unspecified atom stereocenters. The zero-order valence-electron chi connectivity index (χ0n) is 27.9. The first-order valence-corrected chi connectivity index (χ1v) is 16.6. The van der Waals surface area contributed by atoms with Crippen LogP contribution >= 0.6 is 0 Å². The molecule has 3 aliphatic heterocycles. The number of alkyl halides is 3. The SMILES string of the molecule is C=CC(=O)N1CC2(CCN(C(C)c3cc4c(c(C(F)(F)F)c3)CN(c3ccccc3)C4=O)C2)C1.CC.Cc1conc1C1CC(C)C1. The van der Waals surface area contributed by atoms with E-state index in [0.717, 1.165) is 18.9 Å². The van der Waals surface area contributed by atoms with Crippen molar-refractivity contribution in [3.05, 3.63) is 94.9 Å². The number of carbonyl (C=O) groups excluding carboxylic acids is 2. The summed E-state index contributed by atoms with van der Waals surface area (Å²) in [6.07, 6.45) is 1.94. The van der Waals surface area contributed by atoms with Gasteiger partial charge in [-0.25, -0.2) is 0 Å². The van der Waals surface area contributed by atoms with Gasteiger partial charge in [0.15, 0.2) is 0 Å². The highest BCUT2D eigenvalue weighted by Gasteiger charge is 2.50. The number of hydrogen-bond acceptors (Lipinski definition) is 5. The summed E-state index contributed by atoms with van der Waals surface area (Å²) < 4.78 is 47.1. The topological polar surface area (TPSA) is 69.9 Å². The van der Waals surface area contributed by atoms with Gasteiger partial charge in [0.25, 0.3) is 5.91 Å². The van der Waals surface area contributed by atoms with Gasteiger partial charge in [-0.1, -0.05) is 50.7 Å². The third-order valence-corrected chi connectivity index (χ3v) is 10.0. The summed E-state index contributed by atoms with van der Waals surface area (Å²) in [6.45, 7) is 16.4. The molecule has 7 nitrogen and oxygen atoms in total. The first-order valence-electron chi connectivity index (χ1n) is 16.6. The normalized spacial score (nSPS) is 21.9. The van der Waals surface area contributed by atoms with Gasteiger partial charge in [-0.3, -0.25) is 14.5 Å². The highest BCUT2D eigenvalue weighted by molar-refractivity contribution is 6.10. The van der Waals surface area contributed by atoms with Gasteiger partial charge in [0.1, 0.15) is 6.26 Å². The molecule has 1 atom stereocenters. The molecule has 4 aliphatic rings. The van der Waals surface area contributed by atoms with Crippen LogP contribution in [-0.2, 0) is 17.5 Å². The smallest absolute Gasteiger partial charge is 0.364 e. The summed E-state index contributed by atoms with van der Waals surface area (Å²) in [5.41, 5.74) is 2.87. The second kappa shape index (κ2) is 13.7. The van der Waals surface area contributed by atoms with Crippen LogP contribution in [0.15, 0.2) is 65.9 Å². The maximum Gasteiger partial charge on any atom is 0.416 e. The van der Waals surface area contributed by atoms with Crippen molar-refractivity contribution in [1.82, 2.24) is 15.0 Å². The molecule has 2 amide bonds. The second-order valence-electron chi connectivity index (χ2n) is 13.3. The second-order valence-corrected chi connectivity index (χ2v) is 13.3. The van der Waals surface area contributed by atoms with E-state index in [0.29, 0.717) is 36.8 Å². The molecule has 0 radical (unpaired) electrons. The van der Waals surface area contributed by atoms with E-state index < -0.39 is 17.6 Å². The summed E-state index contributed by atoms with van der Waals surface area (Å²) in [4.78, 5) is 30.3. The molecule has 0 N–H and O–H groups in total. The van der Waals surface area contributed by atoms with Crippen LogP contribution in [-0.4, -0.2) is 52.9 Å². The zero-order chi connectivity index (χ0) is 34.1. The fraction of sp³-hybridized carbons (Fsp3) is 0.486. The average molecular weight is 651 g/mol. The summed E-state index contributed by atoms with van der Waals surface area (Å²) in [5, 5.41) is 4.00. The van der Waals surface area contributed by atoms with Crippen molar-refractivity contribution in [2.75, 3.05) is 31.1 Å². The van der Waals surface area contributed by atoms with Crippen LogP contribution in [0.1, 0.15) is 97.2 Å². The molecule has 1 saturated carbocycles. The van der Waals surface area contributed by atoms with E-state index in [1.165, 1.54) is 41.1 Å². The Balaban J connectivity index is 0.000000279. The van der Waals surface area contributed by atoms with Crippen molar-refractivity contribution in [3.8, 4) is 0 Å². The fourth-order valence-electron chi connectivity index (χ4n) is 7.38. The van der Waals surface area contributed by atoms with Crippen molar-refractivity contribution < 1.29 is 27.3 Å². The van der Waals surface area contributed by atoms with Gasteiger partial charge in [0.2, 0.25) is 5.91 Å². The number of para-hydroxylation sites is 1. The zero-order valence-corrected chi connectivity index (χ0v) is 27.9.